The van der Waals surface area contributed by atoms with Gasteiger partial charge in [-0.25, -0.2) is 4.79 Å². The van der Waals surface area contributed by atoms with E-state index in [0.29, 0.717) is 30.2 Å². The maximum atomic E-state index is 12.0. The number of hydrogen-bond acceptors (Lipinski definition) is 4. The van der Waals surface area contributed by atoms with Gasteiger partial charge in [0.1, 0.15) is 5.75 Å². The average Bonchev–Trinajstić information content (AvgIpc) is 2.79. The lowest BCUT2D eigenvalue weighted by atomic mass is 10.1. The summed E-state index contributed by atoms with van der Waals surface area (Å²) in [6.07, 6.45) is 0.434. The molecule has 1 amide bonds. The Labute approximate surface area is 116 Å². The highest BCUT2D eigenvalue weighted by Crippen LogP contribution is 2.34. The number of thiol groups is 1. The van der Waals surface area contributed by atoms with Crippen LogP contribution in [0.15, 0.2) is 18.2 Å². The number of rotatable bonds is 4. The van der Waals surface area contributed by atoms with Crippen molar-refractivity contribution in [1.29, 1.82) is 0 Å². The first-order chi connectivity index (χ1) is 9.06. The summed E-state index contributed by atoms with van der Waals surface area (Å²) in [5, 5.41) is 9.02. The number of aromatic carboxylic acids is 1. The number of nitrogens with zero attached hydrogens (tertiary/aromatic N) is 1. The summed E-state index contributed by atoms with van der Waals surface area (Å²) in [5.41, 5.74) is 0.648. The van der Waals surface area contributed by atoms with Gasteiger partial charge in [-0.1, -0.05) is 0 Å². The van der Waals surface area contributed by atoms with E-state index in [1.807, 2.05) is 0 Å². The largest absolute Gasteiger partial charge is 0.495 e. The molecule has 0 aromatic heterocycles. The molecule has 1 aromatic rings. The van der Waals surface area contributed by atoms with Crippen molar-refractivity contribution in [2.75, 3.05) is 24.3 Å². The quantitative estimate of drug-likeness (QED) is 0.824. The first-order valence-corrected chi connectivity index (χ1v) is 6.52. The van der Waals surface area contributed by atoms with Crippen molar-refractivity contribution in [3.8, 4) is 5.75 Å². The molecule has 1 saturated heterocycles. The summed E-state index contributed by atoms with van der Waals surface area (Å²) in [5.74, 6) is 0.261. The molecule has 1 aromatic carbocycles. The van der Waals surface area contributed by atoms with Gasteiger partial charge in [-0.2, -0.15) is 12.6 Å². The average molecular weight is 281 g/mol. The molecule has 1 atom stereocenters. The minimum absolute atomic E-state index is 0.0279. The summed E-state index contributed by atoms with van der Waals surface area (Å²) >= 11 is 4.21. The summed E-state index contributed by atoms with van der Waals surface area (Å²) in [4.78, 5) is 24.6. The summed E-state index contributed by atoms with van der Waals surface area (Å²) in [6.45, 7) is 0.543. The van der Waals surface area contributed by atoms with E-state index in [1.54, 1.807) is 11.0 Å². The lowest BCUT2D eigenvalue weighted by Crippen LogP contribution is -2.25. The fourth-order valence-electron chi connectivity index (χ4n) is 2.17. The van der Waals surface area contributed by atoms with Gasteiger partial charge in [0, 0.05) is 13.0 Å². The smallest absolute Gasteiger partial charge is 0.335 e. The van der Waals surface area contributed by atoms with E-state index >= 15 is 0 Å². The number of benzene rings is 1. The second-order valence-corrected chi connectivity index (χ2v) is 4.81. The Bertz CT molecular complexity index is 517. The molecule has 0 bridgehead atoms. The molecule has 19 heavy (non-hydrogen) atoms. The van der Waals surface area contributed by atoms with Crippen molar-refractivity contribution in [1.82, 2.24) is 0 Å². The third-order valence-electron chi connectivity index (χ3n) is 3.18. The van der Waals surface area contributed by atoms with Crippen LogP contribution in [0.5, 0.6) is 5.75 Å². The predicted octanol–water partition coefficient (Wildman–Crippen LogP) is 1.68. The molecular weight excluding hydrogens is 266 g/mol. The van der Waals surface area contributed by atoms with Gasteiger partial charge < -0.3 is 14.7 Å². The van der Waals surface area contributed by atoms with Crippen LogP contribution in [0.4, 0.5) is 5.69 Å². The van der Waals surface area contributed by atoms with Crippen molar-refractivity contribution < 1.29 is 19.4 Å². The van der Waals surface area contributed by atoms with Crippen LogP contribution in [0.3, 0.4) is 0 Å². The standard InChI is InChI=1S/C13H15NO4S/c1-18-11-3-2-9(13(16)17)5-10(11)14-6-8(7-19)4-12(14)15/h2-3,5,8,19H,4,6-7H2,1H3,(H,16,17). The van der Waals surface area contributed by atoms with Gasteiger partial charge >= 0.3 is 5.97 Å². The van der Waals surface area contributed by atoms with E-state index in [-0.39, 0.29) is 17.4 Å². The minimum Gasteiger partial charge on any atom is -0.495 e. The fourth-order valence-corrected chi connectivity index (χ4v) is 2.42. The topological polar surface area (TPSA) is 66.8 Å². The van der Waals surface area contributed by atoms with Crippen LogP contribution in [0.1, 0.15) is 16.8 Å². The third-order valence-corrected chi connectivity index (χ3v) is 3.70. The number of carboxylic acid groups (broad SMARTS) is 1. The number of anilines is 1. The number of carboxylic acids is 1. The zero-order valence-electron chi connectivity index (χ0n) is 10.5. The first kappa shape index (κ1) is 13.7. The summed E-state index contributed by atoms with van der Waals surface area (Å²) < 4.78 is 5.20. The molecule has 6 heteroatoms. The van der Waals surface area contributed by atoms with Gasteiger partial charge in [0.15, 0.2) is 0 Å². The van der Waals surface area contributed by atoms with E-state index in [9.17, 15) is 9.59 Å². The van der Waals surface area contributed by atoms with Crippen LogP contribution < -0.4 is 9.64 Å². The Kier molecular flexibility index (Phi) is 3.99. The van der Waals surface area contributed by atoms with Gasteiger partial charge in [0.25, 0.3) is 0 Å². The molecule has 0 radical (unpaired) electrons. The Morgan fingerprint density at radius 3 is 2.84 bits per heavy atom. The van der Waals surface area contributed by atoms with Gasteiger partial charge in [0.05, 0.1) is 18.4 Å². The SMILES string of the molecule is COc1ccc(C(=O)O)cc1N1CC(CS)CC1=O. The maximum Gasteiger partial charge on any atom is 0.335 e. The molecule has 1 aliphatic rings. The number of carbonyl (C=O) groups excluding carboxylic acids is 1. The molecule has 1 aliphatic heterocycles. The highest BCUT2D eigenvalue weighted by atomic mass is 32.1. The van der Waals surface area contributed by atoms with Crippen LogP contribution in [-0.2, 0) is 4.79 Å². The Morgan fingerprint density at radius 1 is 1.58 bits per heavy atom. The van der Waals surface area contributed by atoms with Crippen molar-refractivity contribution in [3.05, 3.63) is 23.8 Å². The predicted molar refractivity (Wildman–Crippen MR) is 74.3 cm³/mol. The van der Waals surface area contributed by atoms with Crippen molar-refractivity contribution >= 4 is 30.2 Å². The molecular formula is C13H15NO4S. The maximum absolute atomic E-state index is 12.0. The number of amides is 1. The molecule has 102 valence electrons. The minimum atomic E-state index is -1.03. The lowest BCUT2D eigenvalue weighted by molar-refractivity contribution is -0.117. The number of ether oxygens (including phenoxy) is 1. The highest BCUT2D eigenvalue weighted by Gasteiger charge is 2.31. The second-order valence-electron chi connectivity index (χ2n) is 4.45. The van der Waals surface area contributed by atoms with Crippen LogP contribution in [0.25, 0.3) is 0 Å². The molecule has 0 saturated carbocycles. The van der Waals surface area contributed by atoms with E-state index in [4.69, 9.17) is 9.84 Å². The van der Waals surface area contributed by atoms with Crippen LogP contribution >= 0.6 is 12.6 Å². The van der Waals surface area contributed by atoms with Crippen molar-refractivity contribution in [2.24, 2.45) is 5.92 Å². The third kappa shape index (κ3) is 2.68. The number of methoxy groups -OCH3 is 1. The zero-order valence-corrected chi connectivity index (χ0v) is 11.4. The molecule has 1 heterocycles. The number of hydrogen-bond donors (Lipinski definition) is 2. The zero-order chi connectivity index (χ0) is 14.0. The Hall–Kier alpha value is -1.69. The molecule has 5 nitrogen and oxygen atoms in total. The van der Waals surface area contributed by atoms with Gasteiger partial charge in [-0.3, -0.25) is 4.79 Å². The number of carbonyl (C=O) groups is 2. The molecule has 1 fully saturated rings. The lowest BCUT2D eigenvalue weighted by Gasteiger charge is -2.20. The van der Waals surface area contributed by atoms with Crippen LogP contribution in [0.2, 0.25) is 0 Å². The normalized spacial score (nSPS) is 18.7. The molecule has 0 spiro atoms. The molecule has 0 aliphatic carbocycles. The second kappa shape index (κ2) is 5.52. The molecule has 1 N–H and O–H groups in total. The summed E-state index contributed by atoms with van der Waals surface area (Å²) in [7, 11) is 1.50. The Balaban J connectivity index is 2.39. The van der Waals surface area contributed by atoms with E-state index < -0.39 is 5.97 Å². The highest BCUT2D eigenvalue weighted by molar-refractivity contribution is 7.80. The molecule has 1 unspecified atom stereocenters. The van der Waals surface area contributed by atoms with Crippen LogP contribution in [0, 0.1) is 5.92 Å². The van der Waals surface area contributed by atoms with Crippen LogP contribution in [-0.4, -0.2) is 36.4 Å². The van der Waals surface area contributed by atoms with Gasteiger partial charge in [0.2, 0.25) is 5.91 Å². The van der Waals surface area contributed by atoms with E-state index in [2.05, 4.69) is 12.6 Å². The molecule has 2 rings (SSSR count). The monoisotopic (exact) mass is 281 g/mol. The Morgan fingerprint density at radius 2 is 2.32 bits per heavy atom. The summed E-state index contributed by atoms with van der Waals surface area (Å²) in [6, 6.07) is 4.50. The van der Waals surface area contributed by atoms with Crippen molar-refractivity contribution in [3.63, 3.8) is 0 Å². The van der Waals surface area contributed by atoms with Gasteiger partial charge in [-0.05, 0) is 29.9 Å². The van der Waals surface area contributed by atoms with E-state index in [0.717, 1.165) is 0 Å². The first-order valence-electron chi connectivity index (χ1n) is 5.89. The van der Waals surface area contributed by atoms with E-state index in [1.165, 1.54) is 19.2 Å². The fraction of sp³-hybridized carbons (Fsp3) is 0.385. The van der Waals surface area contributed by atoms with Gasteiger partial charge in [-0.15, -0.1) is 0 Å². The van der Waals surface area contributed by atoms with Crippen molar-refractivity contribution in [2.45, 2.75) is 6.42 Å².